The quantitative estimate of drug-likeness (QED) is 0.369. The van der Waals surface area contributed by atoms with E-state index in [0.29, 0.717) is 6.61 Å². The smallest absolute Gasteiger partial charge is 0.163 e. The van der Waals surface area contributed by atoms with Crippen LogP contribution in [0.1, 0.15) is 43.9 Å². The van der Waals surface area contributed by atoms with Crippen LogP contribution < -0.4 is 0 Å². The second-order valence-corrected chi connectivity index (χ2v) is 10.0. The summed E-state index contributed by atoms with van der Waals surface area (Å²) in [6, 6.07) is 31.1. The van der Waals surface area contributed by atoms with E-state index >= 15 is 0 Å². The topological polar surface area (TPSA) is 46.2 Å². The highest BCUT2D eigenvalue weighted by Gasteiger charge is 2.55. The highest BCUT2D eigenvalue weighted by atomic mass is 16.8. The van der Waals surface area contributed by atoms with Crippen LogP contribution in [-0.4, -0.2) is 44.1 Å². The molecule has 5 nitrogen and oxygen atoms in total. The zero-order valence-corrected chi connectivity index (χ0v) is 21.5. The first-order valence-corrected chi connectivity index (χ1v) is 12.8. The lowest BCUT2D eigenvalue weighted by atomic mass is 9.80. The Morgan fingerprint density at radius 2 is 1.22 bits per heavy atom. The Labute approximate surface area is 214 Å². The maximum Gasteiger partial charge on any atom is 0.163 e. The predicted molar refractivity (Wildman–Crippen MR) is 138 cm³/mol. The summed E-state index contributed by atoms with van der Waals surface area (Å²) >= 11 is 0. The molecular weight excluding hydrogens is 452 g/mol. The van der Waals surface area contributed by atoms with E-state index in [4.69, 9.17) is 23.7 Å². The van der Waals surface area contributed by atoms with E-state index in [0.717, 1.165) is 23.1 Å². The van der Waals surface area contributed by atoms with Gasteiger partial charge in [-0.15, -0.1) is 0 Å². The molecule has 2 heterocycles. The van der Waals surface area contributed by atoms with Gasteiger partial charge in [0.25, 0.3) is 0 Å². The van der Waals surface area contributed by atoms with Gasteiger partial charge in [-0.25, -0.2) is 0 Å². The van der Waals surface area contributed by atoms with Crippen molar-refractivity contribution >= 4 is 0 Å². The van der Waals surface area contributed by atoms with Crippen LogP contribution >= 0.6 is 0 Å². The Morgan fingerprint density at radius 3 is 1.67 bits per heavy atom. The van der Waals surface area contributed by atoms with Crippen molar-refractivity contribution in [3.05, 3.63) is 108 Å². The molecule has 2 aliphatic heterocycles. The summed E-state index contributed by atoms with van der Waals surface area (Å²) < 4.78 is 32.1. The van der Waals surface area contributed by atoms with Gasteiger partial charge in [-0.1, -0.05) is 97.9 Å². The maximum absolute atomic E-state index is 7.05. The number of hydrogen-bond acceptors (Lipinski definition) is 5. The molecular formula is C31H36O5. The molecule has 3 aromatic carbocycles. The lowest BCUT2D eigenvalue weighted by molar-refractivity contribution is -0.264. The molecule has 0 aromatic heterocycles. The minimum absolute atomic E-state index is 0.0835. The summed E-state index contributed by atoms with van der Waals surface area (Å²) in [5, 5.41) is 0. The molecule has 5 heteroatoms. The number of ether oxygens (including phenoxy) is 5. The third-order valence-corrected chi connectivity index (χ3v) is 7.32. The van der Waals surface area contributed by atoms with E-state index in [1.807, 2.05) is 32.0 Å². The zero-order chi connectivity index (χ0) is 25.2. The standard InChI is InChI=1S/C31H36O5/c1-5-25-27-28(36-30(2,3)35-27)26(34-29(25)32-4)21-33-31(22-15-9-6-10-16-22,23-17-11-7-12-18-23)24-19-13-8-14-20-24/h6-20,25-29H,5,21H2,1-4H3/t25-,26-,27?,28+,29?/m1/s1. The first-order chi connectivity index (χ1) is 17.5. The van der Waals surface area contributed by atoms with Crippen LogP contribution in [-0.2, 0) is 29.3 Å². The fraction of sp³-hybridized carbons (Fsp3) is 0.419. The van der Waals surface area contributed by atoms with E-state index in [1.165, 1.54) is 0 Å². The normalized spacial score (nSPS) is 27.5. The lowest BCUT2D eigenvalue weighted by Crippen LogP contribution is -2.55. The van der Waals surface area contributed by atoms with Gasteiger partial charge in [-0.3, -0.25) is 0 Å². The first kappa shape index (κ1) is 25.1. The molecule has 5 atom stereocenters. The summed E-state index contributed by atoms with van der Waals surface area (Å²) in [5.74, 6) is -0.609. The summed E-state index contributed by atoms with van der Waals surface area (Å²) in [7, 11) is 1.69. The van der Waals surface area contributed by atoms with Gasteiger partial charge in [0.05, 0.1) is 12.7 Å². The molecule has 5 rings (SSSR count). The Balaban J connectivity index is 1.55. The highest BCUT2D eigenvalue weighted by molar-refractivity contribution is 5.47. The Bertz CT molecular complexity index is 1000. The predicted octanol–water partition coefficient (Wildman–Crippen LogP) is 5.91. The molecule has 0 spiro atoms. The van der Waals surface area contributed by atoms with Gasteiger partial charge >= 0.3 is 0 Å². The number of hydrogen-bond donors (Lipinski definition) is 0. The third-order valence-electron chi connectivity index (χ3n) is 7.32. The van der Waals surface area contributed by atoms with Crippen LogP contribution in [0.5, 0.6) is 0 Å². The van der Waals surface area contributed by atoms with Crippen molar-refractivity contribution in [3.63, 3.8) is 0 Å². The van der Waals surface area contributed by atoms with E-state index in [9.17, 15) is 0 Å². The van der Waals surface area contributed by atoms with Crippen molar-refractivity contribution in [2.45, 2.75) is 63.2 Å². The lowest BCUT2D eigenvalue weighted by Gasteiger charge is -2.43. The van der Waals surface area contributed by atoms with Gasteiger partial charge in [0.15, 0.2) is 12.1 Å². The average molecular weight is 489 g/mol. The molecule has 0 saturated carbocycles. The molecule has 2 aliphatic rings. The van der Waals surface area contributed by atoms with E-state index < -0.39 is 11.4 Å². The molecule has 0 N–H and O–H groups in total. The van der Waals surface area contributed by atoms with E-state index in [2.05, 4.69) is 79.7 Å². The van der Waals surface area contributed by atoms with Gasteiger partial charge in [0.2, 0.25) is 0 Å². The van der Waals surface area contributed by atoms with Gasteiger partial charge in [-0.05, 0) is 37.0 Å². The molecule has 2 unspecified atom stereocenters. The minimum atomic E-state index is -0.832. The number of methoxy groups -OCH3 is 1. The summed E-state index contributed by atoms with van der Waals surface area (Å²) in [6.07, 6.45) is -0.260. The highest BCUT2D eigenvalue weighted by Crippen LogP contribution is 2.44. The number of rotatable bonds is 8. The van der Waals surface area contributed by atoms with Crippen molar-refractivity contribution in [3.8, 4) is 0 Å². The second kappa shape index (κ2) is 10.4. The van der Waals surface area contributed by atoms with Crippen molar-refractivity contribution in [2.75, 3.05) is 13.7 Å². The second-order valence-electron chi connectivity index (χ2n) is 10.0. The van der Waals surface area contributed by atoms with Crippen molar-refractivity contribution in [1.29, 1.82) is 0 Å². The van der Waals surface area contributed by atoms with Crippen LogP contribution in [0.4, 0.5) is 0 Å². The summed E-state index contributed by atoms with van der Waals surface area (Å²) in [6.45, 7) is 6.35. The van der Waals surface area contributed by atoms with Crippen molar-refractivity contribution in [2.24, 2.45) is 5.92 Å². The molecule has 2 fully saturated rings. The van der Waals surface area contributed by atoms with Crippen molar-refractivity contribution in [1.82, 2.24) is 0 Å². The van der Waals surface area contributed by atoms with Gasteiger partial charge < -0.3 is 23.7 Å². The van der Waals surface area contributed by atoms with Crippen LogP contribution in [0, 0.1) is 5.92 Å². The Kier molecular flexibility index (Phi) is 7.29. The number of fused-ring (bicyclic) bond motifs is 1. The fourth-order valence-electron chi connectivity index (χ4n) is 5.71. The monoisotopic (exact) mass is 488 g/mol. The molecule has 0 amide bonds. The molecule has 190 valence electrons. The van der Waals surface area contributed by atoms with Crippen LogP contribution in [0.25, 0.3) is 0 Å². The fourth-order valence-corrected chi connectivity index (χ4v) is 5.71. The van der Waals surface area contributed by atoms with Gasteiger partial charge in [0, 0.05) is 13.0 Å². The molecule has 36 heavy (non-hydrogen) atoms. The SMILES string of the molecule is CC[C@H]1C(OC)O[C@H](COC(c2ccccc2)(c2ccccc2)c2ccccc2)[C@@H]2OC(C)(C)OC12. The van der Waals surface area contributed by atoms with Crippen molar-refractivity contribution < 1.29 is 23.7 Å². The molecule has 2 saturated heterocycles. The molecule has 0 aliphatic carbocycles. The Morgan fingerprint density at radius 1 is 0.750 bits per heavy atom. The molecule has 0 bridgehead atoms. The Hall–Kier alpha value is -2.54. The van der Waals surface area contributed by atoms with E-state index in [1.54, 1.807) is 7.11 Å². The largest absolute Gasteiger partial charge is 0.358 e. The van der Waals surface area contributed by atoms with Gasteiger partial charge in [0.1, 0.15) is 17.8 Å². The number of benzene rings is 3. The minimum Gasteiger partial charge on any atom is -0.358 e. The average Bonchev–Trinajstić information content (AvgIpc) is 3.25. The summed E-state index contributed by atoms with van der Waals surface area (Å²) in [4.78, 5) is 0. The summed E-state index contributed by atoms with van der Waals surface area (Å²) in [5.41, 5.74) is 2.32. The van der Waals surface area contributed by atoms with Crippen LogP contribution in [0.3, 0.4) is 0 Å². The molecule has 0 radical (unpaired) electrons. The van der Waals surface area contributed by atoms with E-state index in [-0.39, 0.29) is 30.5 Å². The third kappa shape index (κ3) is 4.62. The van der Waals surface area contributed by atoms with Gasteiger partial charge in [-0.2, -0.15) is 0 Å². The van der Waals surface area contributed by atoms with Crippen LogP contribution in [0.2, 0.25) is 0 Å². The van der Waals surface area contributed by atoms with Crippen LogP contribution in [0.15, 0.2) is 91.0 Å². The zero-order valence-electron chi connectivity index (χ0n) is 21.5. The molecule has 3 aromatic rings. The maximum atomic E-state index is 7.05. The first-order valence-electron chi connectivity index (χ1n) is 12.8.